The monoisotopic (exact) mass is 389 g/mol. The average molecular weight is 389 g/mol. The lowest BCUT2D eigenvalue weighted by molar-refractivity contribution is -0.137. The number of aryl methyl sites for hydroxylation is 2. The van der Waals surface area contributed by atoms with Crippen molar-refractivity contribution in [1.29, 1.82) is 0 Å². The highest BCUT2D eigenvalue weighted by molar-refractivity contribution is 7.80. The van der Waals surface area contributed by atoms with E-state index in [4.69, 9.17) is 26.5 Å². The second-order valence-electron chi connectivity index (χ2n) is 5.80. The van der Waals surface area contributed by atoms with E-state index in [0.29, 0.717) is 35.4 Å². The number of carboxylic acids is 1. The molecule has 0 unspecified atom stereocenters. The lowest BCUT2D eigenvalue weighted by Gasteiger charge is -2.09. The minimum atomic E-state index is -0.858. The summed E-state index contributed by atoms with van der Waals surface area (Å²) in [6.45, 7) is 6.19. The molecule has 0 aliphatic carbocycles. The van der Waals surface area contributed by atoms with Crippen LogP contribution in [0.2, 0.25) is 0 Å². The molecule has 1 heterocycles. The molecule has 1 aromatic heterocycles. The first-order valence-corrected chi connectivity index (χ1v) is 8.95. The van der Waals surface area contributed by atoms with Crippen LogP contribution in [0.3, 0.4) is 0 Å². The minimum absolute atomic E-state index is 0.0247. The van der Waals surface area contributed by atoms with E-state index < -0.39 is 5.97 Å². The number of carboxylic acid groups (broad SMARTS) is 1. The van der Waals surface area contributed by atoms with E-state index in [1.54, 1.807) is 0 Å². The van der Waals surface area contributed by atoms with E-state index in [0.717, 1.165) is 17.0 Å². The third-order valence-electron chi connectivity index (χ3n) is 3.69. The van der Waals surface area contributed by atoms with Gasteiger partial charge in [-0.25, -0.2) is 0 Å². The van der Waals surface area contributed by atoms with Crippen molar-refractivity contribution in [3.8, 4) is 5.75 Å². The maximum atomic E-state index is 10.7. The molecule has 7 nitrogen and oxygen atoms in total. The maximum Gasteiger partial charge on any atom is 0.303 e. The molecule has 0 spiro atoms. The van der Waals surface area contributed by atoms with Gasteiger partial charge in [-0.1, -0.05) is 0 Å². The van der Waals surface area contributed by atoms with Crippen LogP contribution in [0.1, 0.15) is 37.4 Å². The van der Waals surface area contributed by atoms with Gasteiger partial charge < -0.3 is 19.6 Å². The molecule has 0 radical (unpaired) electrons. The van der Waals surface area contributed by atoms with Crippen LogP contribution in [0.15, 0.2) is 39.9 Å². The van der Waals surface area contributed by atoms with E-state index in [1.165, 1.54) is 0 Å². The number of anilines is 1. The van der Waals surface area contributed by atoms with Crippen LogP contribution in [0.25, 0.3) is 0 Å². The Morgan fingerprint density at radius 1 is 1.33 bits per heavy atom. The van der Waals surface area contributed by atoms with Gasteiger partial charge in [0.05, 0.1) is 18.7 Å². The topological polar surface area (TPSA) is 96.1 Å². The smallest absolute Gasteiger partial charge is 0.303 e. The summed E-state index contributed by atoms with van der Waals surface area (Å²) in [5, 5.41) is 16.4. The van der Waals surface area contributed by atoms with Gasteiger partial charge in [0.25, 0.3) is 0 Å². The third kappa shape index (κ3) is 6.41. The summed E-state index contributed by atoms with van der Waals surface area (Å²) in [5.41, 5.74) is 5.12. The van der Waals surface area contributed by atoms with Crippen LogP contribution in [0.4, 0.5) is 5.69 Å². The molecule has 0 aliphatic heterocycles. The molecule has 3 N–H and O–H groups in total. The van der Waals surface area contributed by atoms with Crippen LogP contribution in [-0.2, 0) is 11.2 Å². The Kier molecular flexibility index (Phi) is 7.36. The number of aliphatic carboxylic acids is 1. The van der Waals surface area contributed by atoms with E-state index >= 15 is 0 Å². The second-order valence-corrected chi connectivity index (χ2v) is 6.21. The summed E-state index contributed by atoms with van der Waals surface area (Å²) in [7, 11) is 0. The number of hydrogen-bond donors (Lipinski definition) is 3. The van der Waals surface area contributed by atoms with Crippen molar-refractivity contribution in [2.45, 2.75) is 33.6 Å². The summed E-state index contributed by atoms with van der Waals surface area (Å²) in [5.74, 6) is 1.24. The summed E-state index contributed by atoms with van der Waals surface area (Å²) in [6, 6.07) is 9.25. The number of furan rings is 1. The van der Waals surface area contributed by atoms with Gasteiger partial charge in [-0.2, -0.15) is 5.10 Å². The molecular formula is C19H23N3O4S. The van der Waals surface area contributed by atoms with Gasteiger partial charge in [-0.15, -0.1) is 0 Å². The zero-order chi connectivity index (χ0) is 19.8. The molecule has 2 aromatic rings. The summed E-state index contributed by atoms with van der Waals surface area (Å²) < 4.78 is 11.0. The molecule has 0 amide bonds. The Labute approximate surface area is 163 Å². The fourth-order valence-electron chi connectivity index (χ4n) is 2.41. The molecule has 27 heavy (non-hydrogen) atoms. The molecule has 0 saturated carbocycles. The van der Waals surface area contributed by atoms with Gasteiger partial charge in [-0.05, 0) is 63.3 Å². The lowest BCUT2D eigenvalue weighted by Crippen LogP contribution is -2.25. The van der Waals surface area contributed by atoms with Gasteiger partial charge in [0.15, 0.2) is 5.11 Å². The van der Waals surface area contributed by atoms with Gasteiger partial charge in [0.1, 0.15) is 17.3 Å². The van der Waals surface area contributed by atoms with Crippen molar-refractivity contribution in [2.24, 2.45) is 5.10 Å². The van der Waals surface area contributed by atoms with E-state index in [9.17, 15) is 4.79 Å². The number of rotatable bonds is 8. The molecular weight excluding hydrogens is 366 g/mol. The fraction of sp³-hybridized carbons (Fsp3) is 0.316. The molecule has 0 fully saturated rings. The molecule has 144 valence electrons. The number of hydrogen-bond acceptors (Lipinski definition) is 5. The van der Waals surface area contributed by atoms with Crippen molar-refractivity contribution in [2.75, 3.05) is 11.9 Å². The molecule has 8 heteroatoms. The van der Waals surface area contributed by atoms with E-state index in [2.05, 4.69) is 15.8 Å². The number of thiocarbonyl (C=S) groups is 1. The van der Waals surface area contributed by atoms with Crippen molar-refractivity contribution in [3.63, 3.8) is 0 Å². The predicted octanol–water partition coefficient (Wildman–Crippen LogP) is 3.71. The molecule has 0 saturated heterocycles. The molecule has 2 rings (SSSR count). The summed E-state index contributed by atoms with van der Waals surface area (Å²) >= 11 is 5.25. The van der Waals surface area contributed by atoms with Crippen molar-refractivity contribution in [1.82, 2.24) is 5.43 Å². The average Bonchev–Trinajstić information content (AvgIpc) is 3.01. The van der Waals surface area contributed by atoms with Gasteiger partial charge >= 0.3 is 5.97 Å². The Bertz CT molecular complexity index is 828. The quantitative estimate of drug-likeness (QED) is 0.360. The largest absolute Gasteiger partial charge is 0.494 e. The predicted molar refractivity (Wildman–Crippen MR) is 109 cm³/mol. The van der Waals surface area contributed by atoms with Crippen LogP contribution in [-0.4, -0.2) is 28.5 Å². The van der Waals surface area contributed by atoms with Crippen LogP contribution < -0.4 is 15.5 Å². The highest BCUT2D eigenvalue weighted by Gasteiger charge is 2.11. The molecule has 1 aromatic carbocycles. The van der Waals surface area contributed by atoms with Gasteiger partial charge in [0.2, 0.25) is 0 Å². The lowest BCUT2D eigenvalue weighted by atomic mass is 10.1. The van der Waals surface area contributed by atoms with Crippen molar-refractivity contribution >= 4 is 34.7 Å². The Morgan fingerprint density at radius 2 is 2.04 bits per heavy atom. The number of hydrazone groups is 1. The minimum Gasteiger partial charge on any atom is -0.494 e. The standard InChI is InChI=1S/C19H23N3O4S/c1-4-25-15-7-5-14(6-8-15)20-19(27)22-21-12(2)17-11-16(26-13(17)3)9-10-18(23)24/h5-8,11H,4,9-10H2,1-3H3,(H,23,24)(H2,20,22,27)/b21-12-. The fourth-order valence-corrected chi connectivity index (χ4v) is 2.57. The van der Waals surface area contributed by atoms with Crippen LogP contribution >= 0.6 is 12.2 Å². The SMILES string of the molecule is CCOc1ccc(NC(=S)N/N=C(/C)c2cc(CCC(=O)O)oc2C)cc1. The van der Waals surface area contributed by atoms with E-state index in [1.807, 2.05) is 51.1 Å². The number of ether oxygens (including phenoxy) is 1. The van der Waals surface area contributed by atoms with Gasteiger partial charge in [0, 0.05) is 17.7 Å². The summed E-state index contributed by atoms with van der Waals surface area (Å²) in [4.78, 5) is 10.7. The third-order valence-corrected chi connectivity index (χ3v) is 3.89. The van der Waals surface area contributed by atoms with Crippen LogP contribution in [0.5, 0.6) is 5.75 Å². The number of carbonyl (C=O) groups is 1. The second kappa shape index (κ2) is 9.72. The molecule has 0 atom stereocenters. The zero-order valence-corrected chi connectivity index (χ0v) is 16.4. The number of nitrogens with zero attached hydrogens (tertiary/aromatic N) is 1. The highest BCUT2D eigenvalue weighted by Crippen LogP contribution is 2.17. The molecule has 0 aliphatic rings. The Morgan fingerprint density at radius 3 is 2.67 bits per heavy atom. The first-order valence-electron chi connectivity index (χ1n) is 8.54. The maximum absolute atomic E-state index is 10.7. The Balaban J connectivity index is 1.94. The highest BCUT2D eigenvalue weighted by atomic mass is 32.1. The van der Waals surface area contributed by atoms with Gasteiger partial charge in [-0.3, -0.25) is 10.2 Å². The van der Waals surface area contributed by atoms with Crippen molar-refractivity contribution < 1.29 is 19.1 Å². The number of benzene rings is 1. The van der Waals surface area contributed by atoms with Crippen LogP contribution in [0, 0.1) is 6.92 Å². The summed E-state index contributed by atoms with van der Waals surface area (Å²) in [6.07, 6.45) is 0.367. The molecule has 0 bridgehead atoms. The first-order chi connectivity index (χ1) is 12.9. The zero-order valence-electron chi connectivity index (χ0n) is 15.5. The number of nitrogens with one attached hydrogen (secondary N) is 2. The van der Waals surface area contributed by atoms with E-state index in [-0.39, 0.29) is 6.42 Å². The Hall–Kier alpha value is -2.87. The van der Waals surface area contributed by atoms with Crippen molar-refractivity contribution in [3.05, 3.63) is 47.4 Å². The first kappa shape index (κ1) is 20.4. The normalized spacial score (nSPS) is 11.1.